The van der Waals surface area contributed by atoms with E-state index in [9.17, 15) is 0 Å². The van der Waals surface area contributed by atoms with E-state index in [1.807, 2.05) is 6.20 Å². The normalized spacial score (nSPS) is 34.3. The Morgan fingerprint density at radius 2 is 1.32 bits per heavy atom. The van der Waals surface area contributed by atoms with Crippen molar-refractivity contribution in [1.29, 1.82) is 0 Å². The fraction of sp³-hybridized carbons (Fsp3) is 0.500. The molecule has 0 bridgehead atoms. The maximum absolute atomic E-state index is 4.89. The molecule has 0 saturated heterocycles. The summed E-state index contributed by atoms with van der Waals surface area (Å²) >= 11 is -0.556. The van der Waals surface area contributed by atoms with Crippen LogP contribution in [0.5, 0.6) is 0 Å². The van der Waals surface area contributed by atoms with Gasteiger partial charge in [-0.15, -0.1) is 0 Å². The summed E-state index contributed by atoms with van der Waals surface area (Å²) in [5.41, 5.74) is 0.731. The van der Waals surface area contributed by atoms with Crippen LogP contribution in [0.4, 0.5) is 0 Å². The molecule has 0 amide bonds. The van der Waals surface area contributed by atoms with Crippen molar-refractivity contribution in [1.82, 2.24) is 4.57 Å². The minimum absolute atomic E-state index is 0. The van der Waals surface area contributed by atoms with E-state index < -0.39 is 25.3 Å². The van der Waals surface area contributed by atoms with E-state index in [0.29, 0.717) is 35.8 Å². The Morgan fingerprint density at radius 3 is 1.75 bits per heavy atom. The number of hydrogen-bond acceptors (Lipinski definition) is 1. The molecule has 5 atom stereocenters. The van der Waals surface area contributed by atoms with Crippen molar-refractivity contribution in [3.8, 4) is 0 Å². The van der Waals surface area contributed by atoms with E-state index in [1.165, 1.54) is 0 Å². The van der Waals surface area contributed by atoms with Crippen molar-refractivity contribution in [2.75, 3.05) is 0 Å². The van der Waals surface area contributed by atoms with Gasteiger partial charge in [-0.3, -0.25) is 0 Å². The predicted octanol–water partition coefficient (Wildman–Crippen LogP) is 7.26. The van der Waals surface area contributed by atoms with Crippen LogP contribution in [0, 0.1) is 37.0 Å². The Hall–Kier alpha value is -0.189. The summed E-state index contributed by atoms with van der Waals surface area (Å²) in [5.74, 6) is 3.23. The molecular formula is C22H32Cl2N2SiTi-2. The second-order valence-electron chi connectivity index (χ2n) is 8.61. The molecule has 2 nitrogen and oxygen atoms in total. The SMILES string of the molecule is CC(C)[C@H]1[N-]C=CN1[Si](C)(C)C1C2C=CC=CC2C2C=CC=CC21.[CH3-].[Cl][Ti][Cl]. The van der Waals surface area contributed by atoms with Gasteiger partial charge < -0.3 is 17.3 Å². The monoisotopic (exact) mass is 470 g/mol. The van der Waals surface area contributed by atoms with Gasteiger partial charge in [-0.05, 0) is 41.3 Å². The molecule has 4 rings (SSSR count). The zero-order chi connectivity index (χ0) is 19.6. The van der Waals surface area contributed by atoms with Crippen LogP contribution in [-0.4, -0.2) is 19.0 Å². The molecule has 0 spiro atoms. The molecular weight excluding hydrogens is 439 g/mol. The standard InChI is InChI=1S/C21H29N2Si.CH3.2ClH.Ti/c1-15(2)21-22-13-14-23(21)24(3,4)20-18-11-7-5-9-16(18)17-10-6-8-12-19(17)20;;;;/h5-21H,1-4H3;1H3;2*1H;/q2*-1;;;+2/p-2/t16?,17?,18?,19?,20?,21-;;;;/m0..../s1. The van der Waals surface area contributed by atoms with Gasteiger partial charge in [-0.1, -0.05) is 81.7 Å². The molecule has 1 aliphatic heterocycles. The van der Waals surface area contributed by atoms with Crippen molar-refractivity contribution in [3.63, 3.8) is 0 Å². The first-order valence-corrected chi connectivity index (χ1v) is 17.1. The van der Waals surface area contributed by atoms with Crippen molar-refractivity contribution >= 4 is 26.8 Å². The number of halogens is 2. The Morgan fingerprint density at radius 1 is 0.893 bits per heavy atom. The first-order chi connectivity index (χ1) is 12.9. The molecule has 0 aromatic rings. The van der Waals surface area contributed by atoms with Gasteiger partial charge in [0.2, 0.25) is 0 Å². The minimum atomic E-state index is -1.70. The Bertz CT molecular complexity index is 637. The number of rotatable bonds is 3. The van der Waals surface area contributed by atoms with Crippen LogP contribution in [0.1, 0.15) is 13.8 Å². The van der Waals surface area contributed by atoms with E-state index in [2.05, 4.69) is 86.3 Å². The zero-order valence-corrected chi connectivity index (χ0v) is 21.5. The van der Waals surface area contributed by atoms with Gasteiger partial charge in [0.05, 0.1) is 0 Å². The molecule has 4 unspecified atom stereocenters. The van der Waals surface area contributed by atoms with Crippen molar-refractivity contribution in [3.05, 3.63) is 73.8 Å². The number of fused-ring (bicyclic) bond motifs is 3. The number of hydrogen-bond donors (Lipinski definition) is 0. The Kier molecular flexibility index (Phi) is 8.79. The van der Waals surface area contributed by atoms with Crippen LogP contribution in [0.25, 0.3) is 5.32 Å². The average molecular weight is 471 g/mol. The fourth-order valence-electron chi connectivity index (χ4n) is 5.53. The summed E-state index contributed by atoms with van der Waals surface area (Å²) in [6.07, 6.45) is 23.6. The van der Waals surface area contributed by atoms with Crippen molar-refractivity contribution in [2.24, 2.45) is 29.6 Å². The molecule has 1 heterocycles. The number of allylic oxidation sites excluding steroid dienone is 8. The molecule has 4 aliphatic rings. The van der Waals surface area contributed by atoms with Gasteiger partial charge in [-0.25, -0.2) is 0 Å². The Labute approximate surface area is 189 Å². The molecule has 28 heavy (non-hydrogen) atoms. The van der Waals surface area contributed by atoms with Crippen LogP contribution in [0.15, 0.2) is 61.0 Å². The van der Waals surface area contributed by atoms with Gasteiger partial charge in [0.25, 0.3) is 0 Å². The number of nitrogens with zero attached hydrogens (tertiary/aromatic N) is 2. The predicted molar refractivity (Wildman–Crippen MR) is 123 cm³/mol. The quantitative estimate of drug-likeness (QED) is 0.313. The first kappa shape index (κ1) is 24.1. The molecule has 6 heteroatoms. The first-order valence-electron chi connectivity index (χ1n) is 9.74. The maximum atomic E-state index is 4.89. The van der Waals surface area contributed by atoms with E-state index in [1.54, 1.807) is 0 Å². The summed E-state index contributed by atoms with van der Waals surface area (Å²) < 4.78 is 2.67. The van der Waals surface area contributed by atoms with E-state index in [-0.39, 0.29) is 7.43 Å². The third-order valence-electron chi connectivity index (χ3n) is 6.55. The fourth-order valence-corrected chi connectivity index (χ4v) is 9.92. The summed E-state index contributed by atoms with van der Waals surface area (Å²) in [6.45, 7) is 9.72. The molecule has 3 aliphatic carbocycles. The third-order valence-corrected chi connectivity index (χ3v) is 10.7. The van der Waals surface area contributed by atoms with Gasteiger partial charge in [0, 0.05) is 0 Å². The van der Waals surface area contributed by atoms with E-state index >= 15 is 0 Å². The molecule has 0 aromatic carbocycles. The van der Waals surface area contributed by atoms with Gasteiger partial charge >= 0.3 is 35.6 Å². The van der Waals surface area contributed by atoms with Gasteiger partial charge in [0.15, 0.2) is 8.24 Å². The summed E-state index contributed by atoms with van der Waals surface area (Å²) in [5, 5.41) is 4.78. The van der Waals surface area contributed by atoms with Crippen molar-refractivity contribution in [2.45, 2.75) is 38.6 Å². The van der Waals surface area contributed by atoms with Gasteiger partial charge in [0.1, 0.15) is 0 Å². The van der Waals surface area contributed by atoms with Crippen LogP contribution in [0.2, 0.25) is 18.6 Å². The zero-order valence-electron chi connectivity index (χ0n) is 17.5. The average Bonchev–Trinajstić information content (AvgIpc) is 3.26. The Balaban J connectivity index is 0.000000660. The van der Waals surface area contributed by atoms with Crippen LogP contribution >= 0.6 is 18.6 Å². The van der Waals surface area contributed by atoms with Crippen LogP contribution in [-0.2, 0) is 17.0 Å². The van der Waals surface area contributed by atoms with E-state index in [4.69, 9.17) is 23.9 Å². The summed E-state index contributed by atoms with van der Waals surface area (Å²) in [6, 6.07) is 0. The van der Waals surface area contributed by atoms with E-state index in [0.717, 1.165) is 5.54 Å². The second kappa shape index (κ2) is 10.2. The molecule has 154 valence electrons. The molecule has 0 N–H and O–H groups in total. The van der Waals surface area contributed by atoms with Crippen molar-refractivity contribution < 1.29 is 17.0 Å². The molecule has 0 aromatic heterocycles. The molecule has 0 radical (unpaired) electrons. The second-order valence-corrected chi connectivity index (χ2v) is 15.7. The summed E-state index contributed by atoms with van der Waals surface area (Å²) in [7, 11) is 8.08. The van der Waals surface area contributed by atoms with Gasteiger partial charge in [-0.2, -0.15) is 6.20 Å². The molecule has 1 saturated carbocycles. The van der Waals surface area contributed by atoms with Crippen LogP contribution in [0.3, 0.4) is 0 Å². The van der Waals surface area contributed by atoms with Crippen LogP contribution < -0.4 is 0 Å². The molecule has 1 fully saturated rings. The third kappa shape index (κ3) is 4.44. The topological polar surface area (TPSA) is 17.3 Å². The summed E-state index contributed by atoms with van der Waals surface area (Å²) in [4.78, 5) is 0.